The topological polar surface area (TPSA) is 84.5 Å². The minimum atomic E-state index is -4.61. The van der Waals surface area contributed by atoms with Crippen LogP contribution in [0.4, 0.5) is 24.5 Å². The molecule has 200 valence electrons. The summed E-state index contributed by atoms with van der Waals surface area (Å²) < 4.78 is 71.7. The van der Waals surface area contributed by atoms with Crippen molar-refractivity contribution in [3.8, 4) is 5.75 Å². The molecule has 10 heteroatoms. The van der Waals surface area contributed by atoms with Crippen molar-refractivity contribution in [2.45, 2.75) is 11.1 Å². The minimum Gasteiger partial charge on any atom is -0.497 e. The molecule has 0 bridgehead atoms. The van der Waals surface area contributed by atoms with Gasteiger partial charge in [-0.2, -0.15) is 13.2 Å². The number of benzene rings is 4. The van der Waals surface area contributed by atoms with Crippen LogP contribution in [-0.4, -0.2) is 21.4 Å². The van der Waals surface area contributed by atoms with E-state index in [1.54, 1.807) is 37.5 Å². The predicted octanol–water partition coefficient (Wildman–Crippen LogP) is 6.69. The molecule has 4 rings (SSSR count). The van der Waals surface area contributed by atoms with Crippen LogP contribution in [0.25, 0.3) is 11.6 Å². The summed E-state index contributed by atoms with van der Waals surface area (Å²) in [5, 5.41) is 2.76. The van der Waals surface area contributed by atoms with E-state index in [9.17, 15) is 26.4 Å². The van der Waals surface area contributed by atoms with E-state index in [0.29, 0.717) is 28.6 Å². The van der Waals surface area contributed by atoms with Gasteiger partial charge >= 0.3 is 6.18 Å². The maximum atomic E-state index is 13.2. The number of methoxy groups -OCH3 is 1. The summed E-state index contributed by atoms with van der Waals surface area (Å²) in [6.07, 6.45) is -2.89. The lowest BCUT2D eigenvalue weighted by Crippen LogP contribution is -2.15. The molecule has 39 heavy (non-hydrogen) atoms. The van der Waals surface area contributed by atoms with Gasteiger partial charge in [-0.25, -0.2) is 8.42 Å². The third-order valence-corrected chi connectivity index (χ3v) is 7.02. The van der Waals surface area contributed by atoms with E-state index in [2.05, 4.69) is 10.0 Å². The molecule has 0 aliphatic carbocycles. The molecule has 0 unspecified atom stereocenters. The van der Waals surface area contributed by atoms with E-state index in [0.717, 1.165) is 17.7 Å². The largest absolute Gasteiger partial charge is 0.497 e. The van der Waals surface area contributed by atoms with Crippen LogP contribution < -0.4 is 14.8 Å². The summed E-state index contributed by atoms with van der Waals surface area (Å²) in [4.78, 5) is 13.1. The number of amides is 1. The van der Waals surface area contributed by atoms with Crippen LogP contribution in [0.3, 0.4) is 0 Å². The van der Waals surface area contributed by atoms with Gasteiger partial charge in [0.15, 0.2) is 0 Å². The highest BCUT2D eigenvalue weighted by molar-refractivity contribution is 7.92. The molecule has 1 amide bonds. The van der Waals surface area contributed by atoms with Crippen LogP contribution in [0.2, 0.25) is 0 Å². The Kier molecular flexibility index (Phi) is 8.06. The van der Waals surface area contributed by atoms with Crippen LogP contribution in [0.1, 0.15) is 16.7 Å². The molecule has 0 saturated carbocycles. The fourth-order valence-electron chi connectivity index (χ4n) is 3.65. The lowest BCUT2D eigenvalue weighted by atomic mass is 10.0. The molecule has 0 aromatic heterocycles. The molecule has 0 heterocycles. The monoisotopic (exact) mass is 552 g/mol. The second-order valence-electron chi connectivity index (χ2n) is 8.36. The van der Waals surface area contributed by atoms with Crippen molar-refractivity contribution in [3.05, 3.63) is 120 Å². The molecule has 6 nitrogen and oxygen atoms in total. The smallest absolute Gasteiger partial charge is 0.416 e. The average molecular weight is 553 g/mol. The maximum absolute atomic E-state index is 13.2. The molecule has 2 N–H and O–H groups in total. The summed E-state index contributed by atoms with van der Waals surface area (Å²) in [5.74, 6) is 0.255. The molecular weight excluding hydrogens is 529 g/mol. The van der Waals surface area contributed by atoms with E-state index in [-0.39, 0.29) is 10.6 Å². The number of sulfonamides is 1. The lowest BCUT2D eigenvalue weighted by molar-refractivity contribution is -0.137. The molecule has 4 aromatic carbocycles. The minimum absolute atomic E-state index is 0.185. The van der Waals surface area contributed by atoms with E-state index >= 15 is 0 Å². The van der Waals surface area contributed by atoms with Gasteiger partial charge in [0.2, 0.25) is 0 Å². The molecule has 0 saturated heterocycles. The van der Waals surface area contributed by atoms with Gasteiger partial charge in [-0.05, 0) is 71.8 Å². The second kappa shape index (κ2) is 11.4. The van der Waals surface area contributed by atoms with Crippen LogP contribution in [0.15, 0.2) is 108 Å². The number of halogens is 3. The third-order valence-electron chi connectivity index (χ3n) is 5.62. The summed E-state index contributed by atoms with van der Waals surface area (Å²) in [6.45, 7) is 0. The fraction of sp³-hybridized carbons (Fsp3) is 0.0690. The number of anilines is 2. The normalized spacial score (nSPS) is 12.1. The summed E-state index contributed by atoms with van der Waals surface area (Å²) >= 11 is 0. The van der Waals surface area contributed by atoms with Crippen molar-refractivity contribution in [1.29, 1.82) is 0 Å². The number of alkyl halides is 3. The Labute approximate surface area is 223 Å². The Morgan fingerprint density at radius 3 is 2.10 bits per heavy atom. The zero-order valence-electron chi connectivity index (χ0n) is 20.6. The van der Waals surface area contributed by atoms with Crippen molar-refractivity contribution in [2.75, 3.05) is 17.1 Å². The Morgan fingerprint density at radius 2 is 1.49 bits per heavy atom. The number of carbonyl (C=O) groups is 1. The van der Waals surface area contributed by atoms with Crippen LogP contribution >= 0.6 is 0 Å². The van der Waals surface area contributed by atoms with Crippen molar-refractivity contribution in [3.63, 3.8) is 0 Å². The second-order valence-corrected chi connectivity index (χ2v) is 10.0. The first-order valence-corrected chi connectivity index (χ1v) is 13.1. The van der Waals surface area contributed by atoms with Gasteiger partial charge in [-0.1, -0.05) is 48.5 Å². The quantitative estimate of drug-likeness (QED) is 0.188. The highest BCUT2D eigenvalue weighted by Crippen LogP contribution is 2.31. The number of ether oxygens (including phenoxy) is 1. The standard InChI is InChI=1S/C29H23F3N2O4S/c1-38-25-14-10-20(11-15-25)18-27(21-6-3-2-4-7-21)28(35)33-23-12-16-26(17-13-23)39(36,37)34-24-9-5-8-22(19-24)29(30,31)32/h2-19,34H,1H3,(H,33,35). The first-order chi connectivity index (χ1) is 18.5. The van der Waals surface area contributed by atoms with Gasteiger partial charge in [0, 0.05) is 16.9 Å². The molecule has 0 aliphatic rings. The Balaban J connectivity index is 1.54. The predicted molar refractivity (Wildman–Crippen MR) is 145 cm³/mol. The maximum Gasteiger partial charge on any atom is 0.416 e. The Hall–Kier alpha value is -4.57. The highest BCUT2D eigenvalue weighted by atomic mass is 32.2. The SMILES string of the molecule is COc1ccc(C=C(C(=O)Nc2ccc(S(=O)(=O)Nc3cccc(C(F)(F)F)c3)cc2)c2ccccc2)cc1. The molecule has 0 radical (unpaired) electrons. The molecule has 0 atom stereocenters. The van der Waals surface area contributed by atoms with Gasteiger partial charge in [0.25, 0.3) is 15.9 Å². The van der Waals surface area contributed by atoms with Crippen molar-refractivity contribution >= 4 is 39.0 Å². The first-order valence-electron chi connectivity index (χ1n) is 11.6. The van der Waals surface area contributed by atoms with Gasteiger partial charge in [-0.3, -0.25) is 9.52 Å². The van der Waals surface area contributed by atoms with E-state index < -0.39 is 27.7 Å². The van der Waals surface area contributed by atoms with Crippen LogP contribution in [0.5, 0.6) is 5.75 Å². The molecule has 0 spiro atoms. The average Bonchev–Trinajstić information content (AvgIpc) is 2.92. The zero-order valence-corrected chi connectivity index (χ0v) is 21.4. The summed E-state index contributed by atoms with van der Waals surface area (Å²) in [6, 6.07) is 25.4. The molecule has 4 aromatic rings. The molecule has 0 fully saturated rings. The van der Waals surface area contributed by atoms with E-state index in [4.69, 9.17) is 4.74 Å². The van der Waals surface area contributed by atoms with Gasteiger partial charge < -0.3 is 10.1 Å². The Morgan fingerprint density at radius 1 is 0.821 bits per heavy atom. The Bertz CT molecular complexity index is 1580. The first kappa shape index (κ1) is 27.5. The molecule has 0 aliphatic heterocycles. The van der Waals surface area contributed by atoms with Crippen molar-refractivity contribution in [1.82, 2.24) is 0 Å². The summed E-state index contributed by atoms with van der Waals surface area (Å²) in [5.41, 5.74) is 0.955. The van der Waals surface area contributed by atoms with Crippen molar-refractivity contribution in [2.24, 2.45) is 0 Å². The number of nitrogens with one attached hydrogen (secondary N) is 2. The van der Waals surface area contributed by atoms with Gasteiger partial charge in [0.1, 0.15) is 5.75 Å². The number of hydrogen-bond acceptors (Lipinski definition) is 4. The van der Waals surface area contributed by atoms with E-state index in [1.165, 1.54) is 30.3 Å². The third kappa shape index (κ3) is 7.05. The summed E-state index contributed by atoms with van der Waals surface area (Å²) in [7, 11) is -2.62. The van der Waals surface area contributed by atoms with Gasteiger partial charge in [0.05, 0.1) is 17.6 Å². The van der Waals surface area contributed by atoms with Crippen LogP contribution in [0, 0.1) is 0 Å². The number of hydrogen-bond donors (Lipinski definition) is 2. The number of rotatable bonds is 8. The lowest BCUT2D eigenvalue weighted by Gasteiger charge is -2.13. The van der Waals surface area contributed by atoms with E-state index in [1.807, 2.05) is 30.3 Å². The number of carbonyl (C=O) groups excluding carboxylic acids is 1. The van der Waals surface area contributed by atoms with Crippen LogP contribution in [-0.2, 0) is 21.0 Å². The van der Waals surface area contributed by atoms with Gasteiger partial charge in [-0.15, -0.1) is 0 Å². The zero-order chi connectivity index (χ0) is 28.0. The van der Waals surface area contributed by atoms with Crippen molar-refractivity contribution < 1.29 is 31.1 Å². The fourth-order valence-corrected chi connectivity index (χ4v) is 4.70. The highest BCUT2D eigenvalue weighted by Gasteiger charge is 2.30. The molecular formula is C29H23F3N2O4S.